The second-order valence-corrected chi connectivity index (χ2v) is 6.18. The fourth-order valence-electron chi connectivity index (χ4n) is 3.12. The molecule has 1 aliphatic heterocycles. The number of hydrogen-bond acceptors (Lipinski definition) is 4. The Kier molecular flexibility index (Phi) is 5.83. The maximum atomic E-state index is 5.81. The molecule has 0 bridgehead atoms. The summed E-state index contributed by atoms with van der Waals surface area (Å²) in [6.07, 6.45) is 0.534. The summed E-state index contributed by atoms with van der Waals surface area (Å²) in [5.41, 5.74) is 4.40. The fourth-order valence-corrected chi connectivity index (χ4v) is 3.12. The number of nitrogens with zero attached hydrogens (tertiary/aromatic N) is 2. The standard InChI is InChI=1S/C19H28N2O2/c1-13-11-21(12-14(2)23-13)18-9-7-17(8-10-18)15(3)19(22-6)16(4)20-5/h7-10,13-14H,11-12H2,1-6H3/b19-15-,20-16?. The molecule has 2 rings (SSSR count). The Morgan fingerprint density at radius 2 is 1.70 bits per heavy atom. The quantitative estimate of drug-likeness (QED) is 0.626. The van der Waals surface area contributed by atoms with Crippen LogP contribution in [-0.2, 0) is 9.47 Å². The summed E-state index contributed by atoms with van der Waals surface area (Å²) in [4.78, 5) is 6.61. The van der Waals surface area contributed by atoms with Gasteiger partial charge < -0.3 is 14.4 Å². The van der Waals surface area contributed by atoms with Crippen LogP contribution in [0.5, 0.6) is 0 Å². The number of methoxy groups -OCH3 is 1. The maximum Gasteiger partial charge on any atom is 0.143 e. The average Bonchev–Trinajstić information content (AvgIpc) is 2.54. The molecule has 4 heteroatoms. The highest BCUT2D eigenvalue weighted by molar-refractivity contribution is 6.02. The first-order valence-electron chi connectivity index (χ1n) is 8.15. The Morgan fingerprint density at radius 1 is 1.13 bits per heavy atom. The fraction of sp³-hybridized carbons (Fsp3) is 0.526. The highest BCUT2D eigenvalue weighted by Crippen LogP contribution is 2.25. The summed E-state index contributed by atoms with van der Waals surface area (Å²) in [5, 5.41) is 0. The number of aliphatic imine (C=N–C) groups is 1. The van der Waals surface area contributed by atoms with Gasteiger partial charge in [0.05, 0.1) is 25.0 Å². The van der Waals surface area contributed by atoms with Crippen molar-refractivity contribution in [2.45, 2.75) is 39.9 Å². The number of benzene rings is 1. The van der Waals surface area contributed by atoms with E-state index in [1.165, 1.54) is 5.69 Å². The van der Waals surface area contributed by atoms with Gasteiger partial charge >= 0.3 is 0 Å². The molecular formula is C19H28N2O2. The topological polar surface area (TPSA) is 34.1 Å². The van der Waals surface area contributed by atoms with Gasteiger partial charge in [0.15, 0.2) is 0 Å². The highest BCUT2D eigenvalue weighted by atomic mass is 16.5. The van der Waals surface area contributed by atoms with Crippen LogP contribution in [0, 0.1) is 0 Å². The van der Waals surface area contributed by atoms with Crippen molar-refractivity contribution in [2.75, 3.05) is 32.1 Å². The van der Waals surface area contributed by atoms with Crippen molar-refractivity contribution in [3.05, 3.63) is 35.6 Å². The third-order valence-corrected chi connectivity index (χ3v) is 4.29. The number of ether oxygens (including phenoxy) is 2. The number of anilines is 1. The van der Waals surface area contributed by atoms with E-state index < -0.39 is 0 Å². The minimum Gasteiger partial charge on any atom is -0.495 e. The van der Waals surface area contributed by atoms with Gasteiger partial charge in [0, 0.05) is 31.4 Å². The molecule has 2 atom stereocenters. The van der Waals surface area contributed by atoms with E-state index in [4.69, 9.17) is 9.47 Å². The van der Waals surface area contributed by atoms with Crippen LogP contribution in [0.3, 0.4) is 0 Å². The minimum absolute atomic E-state index is 0.267. The van der Waals surface area contributed by atoms with Gasteiger partial charge in [0.2, 0.25) is 0 Å². The summed E-state index contributed by atoms with van der Waals surface area (Å²) in [5.74, 6) is 0.842. The Hall–Kier alpha value is -1.81. The Bertz CT molecular complexity index is 580. The SMILES string of the molecule is CN=C(C)/C(OC)=C(\C)c1ccc(N2CC(C)OC(C)C2)cc1. The lowest BCUT2D eigenvalue weighted by molar-refractivity contribution is -0.00521. The van der Waals surface area contributed by atoms with Crippen molar-refractivity contribution in [2.24, 2.45) is 4.99 Å². The van der Waals surface area contributed by atoms with E-state index in [1.54, 1.807) is 14.2 Å². The van der Waals surface area contributed by atoms with Crippen LogP contribution in [-0.4, -0.2) is 45.2 Å². The second kappa shape index (κ2) is 7.64. The van der Waals surface area contributed by atoms with Crippen LogP contribution in [0.2, 0.25) is 0 Å². The molecule has 1 saturated heterocycles. The molecule has 0 spiro atoms. The number of morpholine rings is 1. The zero-order chi connectivity index (χ0) is 17.0. The van der Waals surface area contributed by atoms with Crippen LogP contribution in [0.15, 0.2) is 35.0 Å². The van der Waals surface area contributed by atoms with Crippen LogP contribution in [0.25, 0.3) is 5.57 Å². The normalized spacial score (nSPS) is 23.6. The molecule has 0 aliphatic carbocycles. The lowest BCUT2D eigenvalue weighted by Crippen LogP contribution is -2.45. The summed E-state index contributed by atoms with van der Waals surface area (Å²) in [7, 11) is 3.48. The smallest absolute Gasteiger partial charge is 0.143 e. The lowest BCUT2D eigenvalue weighted by Gasteiger charge is -2.37. The Morgan fingerprint density at radius 3 is 2.17 bits per heavy atom. The van der Waals surface area contributed by atoms with E-state index >= 15 is 0 Å². The first-order valence-corrected chi connectivity index (χ1v) is 8.15. The molecule has 0 N–H and O–H groups in total. The largest absolute Gasteiger partial charge is 0.495 e. The molecule has 1 aromatic carbocycles. The van der Waals surface area contributed by atoms with Gasteiger partial charge in [0.1, 0.15) is 5.76 Å². The van der Waals surface area contributed by atoms with Crippen LogP contribution in [0.1, 0.15) is 33.3 Å². The van der Waals surface area contributed by atoms with Crippen LogP contribution in [0.4, 0.5) is 5.69 Å². The van der Waals surface area contributed by atoms with Crippen molar-refractivity contribution in [3.63, 3.8) is 0 Å². The summed E-state index contributed by atoms with van der Waals surface area (Å²) in [6, 6.07) is 8.65. The van der Waals surface area contributed by atoms with Crippen molar-refractivity contribution in [1.82, 2.24) is 0 Å². The maximum absolute atomic E-state index is 5.81. The molecule has 1 aliphatic rings. The van der Waals surface area contributed by atoms with E-state index in [0.29, 0.717) is 0 Å². The van der Waals surface area contributed by atoms with E-state index in [-0.39, 0.29) is 12.2 Å². The first-order chi connectivity index (χ1) is 11.0. The van der Waals surface area contributed by atoms with Crippen LogP contribution >= 0.6 is 0 Å². The molecule has 0 amide bonds. The van der Waals surface area contributed by atoms with Gasteiger partial charge in [0.25, 0.3) is 0 Å². The van der Waals surface area contributed by atoms with E-state index in [2.05, 4.69) is 54.9 Å². The van der Waals surface area contributed by atoms with E-state index in [1.807, 2.05) is 6.92 Å². The Labute approximate surface area is 139 Å². The molecule has 1 fully saturated rings. The van der Waals surface area contributed by atoms with Gasteiger partial charge in [-0.25, -0.2) is 0 Å². The molecule has 2 unspecified atom stereocenters. The third-order valence-electron chi connectivity index (χ3n) is 4.29. The average molecular weight is 316 g/mol. The third kappa shape index (κ3) is 4.14. The summed E-state index contributed by atoms with van der Waals surface area (Å²) >= 11 is 0. The van der Waals surface area contributed by atoms with E-state index in [9.17, 15) is 0 Å². The number of rotatable bonds is 4. The predicted octanol–water partition coefficient (Wildman–Crippen LogP) is 3.77. The molecule has 0 saturated carbocycles. The minimum atomic E-state index is 0.267. The monoisotopic (exact) mass is 316 g/mol. The van der Waals surface area contributed by atoms with Crippen molar-refractivity contribution in [3.8, 4) is 0 Å². The predicted molar refractivity (Wildman–Crippen MR) is 97.3 cm³/mol. The van der Waals surface area contributed by atoms with Gasteiger partial charge in [-0.05, 0) is 45.4 Å². The van der Waals surface area contributed by atoms with Crippen molar-refractivity contribution in [1.29, 1.82) is 0 Å². The summed E-state index contributed by atoms with van der Waals surface area (Å²) in [6.45, 7) is 10.2. The lowest BCUT2D eigenvalue weighted by atomic mass is 10.0. The molecular weight excluding hydrogens is 288 g/mol. The van der Waals surface area contributed by atoms with Crippen molar-refractivity contribution < 1.29 is 9.47 Å². The van der Waals surface area contributed by atoms with E-state index in [0.717, 1.165) is 35.7 Å². The molecule has 23 heavy (non-hydrogen) atoms. The van der Waals surface area contributed by atoms with Crippen molar-refractivity contribution >= 4 is 17.0 Å². The molecule has 1 aromatic rings. The molecule has 0 radical (unpaired) electrons. The zero-order valence-electron chi connectivity index (χ0n) is 15.1. The van der Waals surface area contributed by atoms with Gasteiger partial charge in [-0.1, -0.05) is 12.1 Å². The molecule has 0 aromatic heterocycles. The summed E-state index contributed by atoms with van der Waals surface area (Å²) < 4.78 is 11.3. The second-order valence-electron chi connectivity index (χ2n) is 6.18. The molecule has 126 valence electrons. The zero-order valence-corrected chi connectivity index (χ0v) is 15.1. The molecule has 1 heterocycles. The van der Waals surface area contributed by atoms with Crippen LogP contribution < -0.4 is 4.90 Å². The molecule has 4 nitrogen and oxygen atoms in total. The van der Waals surface area contributed by atoms with Gasteiger partial charge in [-0.2, -0.15) is 0 Å². The Balaban J connectivity index is 2.24. The highest BCUT2D eigenvalue weighted by Gasteiger charge is 2.22. The first kappa shape index (κ1) is 17.5. The number of hydrogen-bond donors (Lipinski definition) is 0. The van der Waals surface area contributed by atoms with Gasteiger partial charge in [-0.3, -0.25) is 4.99 Å². The van der Waals surface area contributed by atoms with Gasteiger partial charge in [-0.15, -0.1) is 0 Å². The number of allylic oxidation sites excluding steroid dienone is 2.